The van der Waals surface area contributed by atoms with Crippen LogP contribution >= 0.6 is 15.9 Å². The van der Waals surface area contributed by atoms with Crippen LogP contribution in [0.15, 0.2) is 34.9 Å². The van der Waals surface area contributed by atoms with Crippen LogP contribution in [0.2, 0.25) is 0 Å². The number of hydrogen-bond acceptors (Lipinski definition) is 5. The highest BCUT2D eigenvalue weighted by atomic mass is 79.9. The standard InChI is InChI=1S/C25H27BrF3N3O4/c26-20-18-12-6-7-13-31(18)21(30-20)22(33)32-17-11-5-4-10-16(17)24(35,15-8-2-1-3-9-15)14-19(32)36-23(34)25(27,28)29/h1-3,8-9,16-17,19,35H,4-7,10-14H2. The number of piperidine rings is 1. The third-order valence-electron chi connectivity index (χ3n) is 7.74. The second kappa shape index (κ2) is 9.48. The normalized spacial score (nSPS) is 28.2. The molecule has 1 saturated carbocycles. The summed E-state index contributed by atoms with van der Waals surface area (Å²) in [5, 5.41) is 12.0. The molecule has 2 aromatic rings. The molecular weight excluding hydrogens is 543 g/mol. The van der Waals surface area contributed by atoms with Gasteiger partial charge in [-0.05, 0) is 53.6 Å². The third kappa shape index (κ3) is 4.34. The number of ether oxygens (including phenoxy) is 1. The summed E-state index contributed by atoms with van der Waals surface area (Å²) in [6.07, 6.45) is -2.07. The van der Waals surface area contributed by atoms with Gasteiger partial charge in [-0.1, -0.05) is 43.2 Å². The van der Waals surface area contributed by atoms with E-state index >= 15 is 0 Å². The minimum Gasteiger partial charge on any atom is -0.435 e. The molecule has 194 valence electrons. The summed E-state index contributed by atoms with van der Waals surface area (Å²) in [5.74, 6) is -3.30. The van der Waals surface area contributed by atoms with Crippen LogP contribution in [-0.4, -0.2) is 49.9 Å². The zero-order valence-corrected chi connectivity index (χ0v) is 21.1. The number of imidazole rings is 1. The maximum Gasteiger partial charge on any atom is 0.491 e. The van der Waals surface area contributed by atoms with Gasteiger partial charge >= 0.3 is 12.1 Å². The Labute approximate surface area is 214 Å². The molecule has 4 unspecified atom stereocenters. The second-order valence-corrected chi connectivity index (χ2v) is 10.6. The van der Waals surface area contributed by atoms with Crippen LogP contribution in [-0.2, 0) is 28.1 Å². The predicted octanol–water partition coefficient (Wildman–Crippen LogP) is 4.71. The Morgan fingerprint density at radius 3 is 2.56 bits per heavy atom. The number of aromatic nitrogens is 2. The largest absolute Gasteiger partial charge is 0.491 e. The highest BCUT2D eigenvalue weighted by Gasteiger charge is 2.57. The first-order valence-electron chi connectivity index (χ1n) is 12.2. The van der Waals surface area contributed by atoms with E-state index in [1.807, 2.05) is 0 Å². The topological polar surface area (TPSA) is 84.7 Å². The van der Waals surface area contributed by atoms with Crippen LogP contribution in [0.4, 0.5) is 13.2 Å². The van der Waals surface area contributed by atoms with E-state index < -0.39 is 41.8 Å². The van der Waals surface area contributed by atoms with Crippen LogP contribution in [0.1, 0.15) is 66.8 Å². The van der Waals surface area contributed by atoms with Gasteiger partial charge in [-0.25, -0.2) is 9.78 Å². The average Bonchev–Trinajstić information content (AvgIpc) is 3.20. The van der Waals surface area contributed by atoms with Crippen molar-refractivity contribution in [3.63, 3.8) is 0 Å². The number of amides is 1. The summed E-state index contributed by atoms with van der Waals surface area (Å²) in [5.41, 5.74) is -0.166. The summed E-state index contributed by atoms with van der Waals surface area (Å²) in [6.45, 7) is 0.567. The Kier molecular flexibility index (Phi) is 6.65. The van der Waals surface area contributed by atoms with Crippen molar-refractivity contribution < 1.29 is 32.6 Å². The summed E-state index contributed by atoms with van der Waals surface area (Å²) in [4.78, 5) is 31.7. The zero-order chi connectivity index (χ0) is 25.7. The molecule has 0 radical (unpaired) electrons. The van der Waals surface area contributed by atoms with Gasteiger partial charge in [0.2, 0.25) is 5.82 Å². The van der Waals surface area contributed by atoms with Crippen molar-refractivity contribution in [2.75, 3.05) is 0 Å². The van der Waals surface area contributed by atoms with Crippen molar-refractivity contribution in [2.24, 2.45) is 5.92 Å². The maximum atomic E-state index is 14.0. The van der Waals surface area contributed by atoms with Gasteiger partial charge in [-0.15, -0.1) is 0 Å². The molecule has 4 atom stereocenters. The first-order chi connectivity index (χ1) is 17.1. The fourth-order valence-electron chi connectivity index (χ4n) is 6.14. The lowest BCUT2D eigenvalue weighted by atomic mass is 9.65. The highest BCUT2D eigenvalue weighted by Crippen LogP contribution is 2.50. The maximum absolute atomic E-state index is 14.0. The molecule has 1 N–H and O–H groups in total. The van der Waals surface area contributed by atoms with Crippen LogP contribution in [0.3, 0.4) is 0 Å². The lowest BCUT2D eigenvalue weighted by Crippen LogP contribution is -2.64. The SMILES string of the molecule is O=C(c1nc(Br)c2n1CCCC2)N1C(OC(=O)C(F)(F)F)CC(O)(c2ccccc2)C2CCCCC21. The number of nitrogens with zero attached hydrogens (tertiary/aromatic N) is 3. The molecule has 11 heteroatoms. The third-order valence-corrected chi connectivity index (χ3v) is 8.37. The second-order valence-electron chi connectivity index (χ2n) is 9.80. The molecule has 3 heterocycles. The molecule has 3 aliphatic rings. The molecule has 0 spiro atoms. The van der Waals surface area contributed by atoms with Crippen LogP contribution in [0.5, 0.6) is 0 Å². The molecule has 36 heavy (non-hydrogen) atoms. The van der Waals surface area contributed by atoms with Gasteiger partial charge in [0.05, 0.1) is 11.3 Å². The number of aliphatic hydroxyl groups is 1. The van der Waals surface area contributed by atoms with E-state index in [0.717, 1.165) is 37.8 Å². The Hall–Kier alpha value is -2.40. The van der Waals surface area contributed by atoms with Crippen molar-refractivity contribution >= 4 is 27.8 Å². The predicted molar refractivity (Wildman–Crippen MR) is 126 cm³/mol. The van der Waals surface area contributed by atoms with Crippen molar-refractivity contribution in [1.29, 1.82) is 0 Å². The number of carbonyl (C=O) groups is 2. The zero-order valence-electron chi connectivity index (χ0n) is 19.5. The number of hydrogen-bond donors (Lipinski definition) is 1. The quantitative estimate of drug-likeness (QED) is 0.541. The fourth-order valence-corrected chi connectivity index (χ4v) is 6.72. The van der Waals surface area contributed by atoms with E-state index in [1.54, 1.807) is 34.9 Å². The van der Waals surface area contributed by atoms with E-state index in [0.29, 0.717) is 29.6 Å². The lowest BCUT2D eigenvalue weighted by Gasteiger charge is -2.55. The first-order valence-corrected chi connectivity index (χ1v) is 13.0. The molecular formula is C25H27BrF3N3O4. The Morgan fingerprint density at radius 1 is 1.11 bits per heavy atom. The van der Waals surface area contributed by atoms with Gasteiger partial charge in [0.25, 0.3) is 5.91 Å². The van der Waals surface area contributed by atoms with Crippen LogP contribution in [0, 0.1) is 5.92 Å². The number of alkyl halides is 3. The van der Waals surface area contributed by atoms with Gasteiger partial charge in [0, 0.05) is 24.9 Å². The molecule has 5 rings (SSSR count). The fraction of sp³-hybridized carbons (Fsp3) is 0.560. The highest BCUT2D eigenvalue weighted by molar-refractivity contribution is 9.10. The lowest BCUT2D eigenvalue weighted by molar-refractivity contribution is -0.231. The number of fused-ring (bicyclic) bond motifs is 2. The molecule has 1 saturated heterocycles. The van der Waals surface area contributed by atoms with Crippen LogP contribution < -0.4 is 0 Å². The van der Waals surface area contributed by atoms with Gasteiger partial charge in [0.15, 0.2) is 6.23 Å². The van der Waals surface area contributed by atoms with Gasteiger partial charge < -0.3 is 14.4 Å². The van der Waals surface area contributed by atoms with Gasteiger partial charge in [-0.2, -0.15) is 13.2 Å². The summed E-state index contributed by atoms with van der Waals surface area (Å²) < 4.78 is 47.1. The van der Waals surface area contributed by atoms with E-state index in [-0.39, 0.29) is 12.2 Å². The summed E-state index contributed by atoms with van der Waals surface area (Å²) in [7, 11) is 0. The molecule has 0 bridgehead atoms. The number of benzene rings is 1. The monoisotopic (exact) mass is 569 g/mol. The molecule has 2 aliphatic heterocycles. The number of rotatable bonds is 3. The summed E-state index contributed by atoms with van der Waals surface area (Å²) >= 11 is 3.42. The van der Waals surface area contributed by atoms with Crippen molar-refractivity contribution in [3.8, 4) is 0 Å². The van der Waals surface area contributed by atoms with E-state index in [9.17, 15) is 27.9 Å². The van der Waals surface area contributed by atoms with Crippen molar-refractivity contribution in [3.05, 3.63) is 52.0 Å². The minimum absolute atomic E-state index is 0.110. The molecule has 1 aromatic heterocycles. The smallest absolute Gasteiger partial charge is 0.435 e. The first kappa shape index (κ1) is 25.3. The Balaban J connectivity index is 1.59. The van der Waals surface area contributed by atoms with Gasteiger partial charge in [-0.3, -0.25) is 9.69 Å². The Morgan fingerprint density at radius 2 is 1.83 bits per heavy atom. The minimum atomic E-state index is -5.24. The van der Waals surface area contributed by atoms with E-state index in [1.165, 1.54) is 4.90 Å². The molecule has 2 fully saturated rings. The molecule has 7 nitrogen and oxygen atoms in total. The van der Waals surface area contributed by atoms with Crippen LogP contribution in [0.25, 0.3) is 0 Å². The summed E-state index contributed by atoms with van der Waals surface area (Å²) in [6, 6.07) is 8.08. The molecule has 1 aromatic carbocycles. The van der Waals surface area contributed by atoms with Crippen molar-refractivity contribution in [1.82, 2.24) is 14.5 Å². The van der Waals surface area contributed by atoms with Gasteiger partial charge in [0.1, 0.15) is 4.60 Å². The number of likely N-dealkylation sites (tertiary alicyclic amines) is 1. The molecule has 1 amide bonds. The van der Waals surface area contributed by atoms with E-state index in [4.69, 9.17) is 4.74 Å². The van der Waals surface area contributed by atoms with E-state index in [2.05, 4.69) is 20.9 Å². The number of halogens is 4. The molecule has 1 aliphatic carbocycles. The number of esters is 1. The number of carbonyl (C=O) groups excluding carboxylic acids is 2. The Bertz CT molecular complexity index is 1160. The van der Waals surface area contributed by atoms with Crippen molar-refractivity contribution in [2.45, 2.75) is 82.0 Å². The average molecular weight is 570 g/mol.